The summed E-state index contributed by atoms with van der Waals surface area (Å²) < 4.78 is 5.22. The van der Waals surface area contributed by atoms with Gasteiger partial charge in [0.05, 0.1) is 5.69 Å². The van der Waals surface area contributed by atoms with E-state index in [1.165, 1.54) is 23.5 Å². The number of pyridine rings is 1. The molecule has 1 aromatic carbocycles. The number of hydrogen-bond donors (Lipinski definition) is 2. The third-order valence-corrected chi connectivity index (χ3v) is 3.98. The standard InChI is InChI=1S/C17H17N3O.U/c1-21-15-8-4-7-14-16(15)12-5-2-3-6-13(12)17(20-14)11(9-18)10-19;/h4,7,9-10,18H,1-3,5-6,19H2;/q-2;+2/b11-10+,18-9?;. The average molecular weight is 517 g/mol. The topological polar surface area (TPSA) is 72.0 Å². The fraction of sp³-hybridized carbons (Fsp3) is 0.235. The number of rotatable bonds is 3. The molecule has 0 aliphatic heterocycles. The summed E-state index contributed by atoms with van der Waals surface area (Å²) in [7, 11) is 3.52. The van der Waals surface area contributed by atoms with Crippen molar-refractivity contribution in [3.05, 3.63) is 48.3 Å². The molecule has 3 rings (SSSR count). The average Bonchev–Trinajstić information content (AvgIpc) is 2.55. The van der Waals surface area contributed by atoms with Gasteiger partial charge in [-0.2, -0.15) is 13.2 Å². The molecule has 110 valence electrons. The van der Waals surface area contributed by atoms with Crippen LogP contribution in [0.25, 0.3) is 16.5 Å². The Labute approximate surface area is 154 Å². The zero-order chi connectivity index (χ0) is 14.8. The minimum absolute atomic E-state index is 0. The van der Waals surface area contributed by atoms with Crippen molar-refractivity contribution >= 4 is 22.7 Å². The number of benzene rings is 1. The zero-order valence-corrected chi connectivity index (χ0v) is 16.4. The predicted molar refractivity (Wildman–Crippen MR) is 84.2 cm³/mol. The van der Waals surface area contributed by atoms with Gasteiger partial charge in [-0.3, -0.25) is 4.98 Å². The summed E-state index contributed by atoms with van der Waals surface area (Å²) in [4.78, 5) is 4.71. The van der Waals surface area contributed by atoms with Crippen LogP contribution in [0, 0.1) is 49.7 Å². The van der Waals surface area contributed by atoms with Crippen molar-refractivity contribution < 1.29 is 35.9 Å². The normalized spacial score (nSPS) is 14.1. The second kappa shape index (κ2) is 7.30. The molecule has 3 N–H and O–H groups in total. The number of fused-ring (bicyclic) bond motifs is 3. The first kappa shape index (κ1) is 17.1. The van der Waals surface area contributed by atoms with Crippen LogP contribution in [0.15, 0.2) is 18.3 Å². The monoisotopic (exact) mass is 517 g/mol. The number of nitrogens with zero attached hydrogens (tertiary/aromatic N) is 1. The first-order chi connectivity index (χ1) is 10.3. The molecule has 1 aromatic heterocycles. The minimum Gasteiger partial charge on any atom is -0.682 e. The molecule has 0 radical (unpaired) electrons. The van der Waals surface area contributed by atoms with Gasteiger partial charge < -0.3 is 15.9 Å². The van der Waals surface area contributed by atoms with Gasteiger partial charge in [-0.05, 0) is 42.5 Å². The number of nitrogens with one attached hydrogen (secondary N) is 1. The van der Waals surface area contributed by atoms with Crippen LogP contribution in [-0.2, 0) is 12.8 Å². The van der Waals surface area contributed by atoms with E-state index in [-0.39, 0.29) is 31.1 Å². The Bertz CT molecular complexity index is 740. The van der Waals surface area contributed by atoms with E-state index in [0.717, 1.165) is 42.3 Å². The fourth-order valence-corrected chi connectivity index (χ4v) is 3.03. The van der Waals surface area contributed by atoms with E-state index in [1.807, 2.05) is 6.07 Å². The molecule has 0 saturated heterocycles. The van der Waals surface area contributed by atoms with Crippen LogP contribution in [0.2, 0.25) is 0 Å². The molecular formula is C17H17N3OU. The largest absolute Gasteiger partial charge is 2.00 e. The van der Waals surface area contributed by atoms with Crippen molar-refractivity contribution in [3.63, 3.8) is 0 Å². The van der Waals surface area contributed by atoms with Gasteiger partial charge in [0, 0.05) is 18.0 Å². The number of aryl methyl sites for hydroxylation is 1. The van der Waals surface area contributed by atoms with E-state index in [9.17, 15) is 0 Å². The molecule has 0 fully saturated rings. The molecule has 1 heterocycles. The fourth-order valence-electron chi connectivity index (χ4n) is 3.03. The van der Waals surface area contributed by atoms with Gasteiger partial charge in [0.2, 0.25) is 0 Å². The van der Waals surface area contributed by atoms with E-state index >= 15 is 0 Å². The van der Waals surface area contributed by atoms with Crippen LogP contribution in [-0.4, -0.2) is 11.2 Å². The second-order valence-electron chi connectivity index (χ2n) is 5.10. The first-order valence-electron chi connectivity index (χ1n) is 7.01. The molecule has 0 unspecified atom stereocenters. The quantitative estimate of drug-likeness (QED) is 0.486. The van der Waals surface area contributed by atoms with Crippen LogP contribution in [0.1, 0.15) is 29.7 Å². The van der Waals surface area contributed by atoms with E-state index in [0.29, 0.717) is 11.3 Å². The Kier molecular flexibility index (Phi) is 5.66. The Morgan fingerprint density at radius 3 is 2.73 bits per heavy atom. The molecule has 4 nitrogen and oxygen atoms in total. The summed E-state index contributed by atoms with van der Waals surface area (Å²) in [6, 6.07) is 6.77. The van der Waals surface area contributed by atoms with Crippen molar-refractivity contribution in [1.29, 1.82) is 5.41 Å². The maximum Gasteiger partial charge on any atom is 2.00 e. The summed E-state index contributed by atoms with van der Waals surface area (Å²) in [5.74, 6) is 0.637. The molecule has 2 aromatic rings. The molecule has 0 saturated carbocycles. The van der Waals surface area contributed by atoms with E-state index < -0.39 is 0 Å². The number of nitrogens with two attached hydrogens (primary N) is 1. The molecule has 1 aliphatic carbocycles. The first-order valence-corrected chi connectivity index (χ1v) is 7.01. The predicted octanol–water partition coefficient (Wildman–Crippen LogP) is 3.03. The smallest absolute Gasteiger partial charge is 0.682 e. The molecule has 0 amide bonds. The van der Waals surface area contributed by atoms with Gasteiger partial charge in [-0.15, -0.1) is 12.1 Å². The van der Waals surface area contributed by atoms with Crippen molar-refractivity contribution in [3.8, 4) is 5.75 Å². The number of hydrogen-bond acceptors (Lipinski definition) is 4. The van der Waals surface area contributed by atoms with Crippen LogP contribution in [0.5, 0.6) is 5.75 Å². The van der Waals surface area contributed by atoms with Crippen LogP contribution >= 0.6 is 0 Å². The van der Waals surface area contributed by atoms with E-state index in [1.54, 1.807) is 6.07 Å². The van der Waals surface area contributed by atoms with Crippen molar-refractivity contribution in [2.75, 3.05) is 0 Å². The summed E-state index contributed by atoms with van der Waals surface area (Å²) >= 11 is 0. The van der Waals surface area contributed by atoms with Gasteiger partial charge in [0.1, 0.15) is 0 Å². The maximum absolute atomic E-state index is 7.55. The van der Waals surface area contributed by atoms with Crippen molar-refractivity contribution in [2.24, 2.45) is 5.73 Å². The maximum atomic E-state index is 7.55. The summed E-state index contributed by atoms with van der Waals surface area (Å²) in [5, 5.41) is 8.54. The van der Waals surface area contributed by atoms with Gasteiger partial charge >= 0.3 is 31.1 Å². The molecule has 1 aliphatic rings. The van der Waals surface area contributed by atoms with Gasteiger partial charge in [-0.1, -0.05) is 10.9 Å². The number of ether oxygens (including phenoxy) is 1. The Balaban J connectivity index is 0.00000176. The third kappa shape index (κ3) is 2.80. The SMILES string of the molecule is [CH2-]Oc1[c-]ccc2nc(/C(C=N)=C/N)c3c(c12)CCCC3.[U+2]. The Morgan fingerprint density at radius 1 is 1.36 bits per heavy atom. The summed E-state index contributed by atoms with van der Waals surface area (Å²) in [6.07, 6.45) is 6.90. The van der Waals surface area contributed by atoms with Crippen LogP contribution < -0.4 is 10.5 Å². The molecule has 0 bridgehead atoms. The van der Waals surface area contributed by atoms with Crippen LogP contribution in [0.4, 0.5) is 0 Å². The van der Waals surface area contributed by atoms with Crippen LogP contribution in [0.3, 0.4) is 0 Å². The van der Waals surface area contributed by atoms with Gasteiger partial charge in [0.25, 0.3) is 0 Å². The van der Waals surface area contributed by atoms with Gasteiger partial charge in [0.15, 0.2) is 0 Å². The molecular weight excluding hydrogens is 500 g/mol. The Hall–Kier alpha value is -1.31. The number of aromatic nitrogens is 1. The number of allylic oxidation sites excluding steroid dienone is 1. The van der Waals surface area contributed by atoms with E-state index in [4.69, 9.17) is 20.9 Å². The summed E-state index contributed by atoms with van der Waals surface area (Å²) in [5.41, 5.74) is 10.4. The molecule has 0 spiro atoms. The molecule has 0 atom stereocenters. The van der Waals surface area contributed by atoms with E-state index in [2.05, 4.69) is 13.2 Å². The summed E-state index contributed by atoms with van der Waals surface area (Å²) in [6.45, 7) is 0. The zero-order valence-electron chi connectivity index (χ0n) is 12.3. The van der Waals surface area contributed by atoms with Crippen molar-refractivity contribution in [2.45, 2.75) is 25.7 Å². The second-order valence-corrected chi connectivity index (χ2v) is 5.10. The third-order valence-electron chi connectivity index (χ3n) is 3.98. The molecule has 22 heavy (non-hydrogen) atoms. The van der Waals surface area contributed by atoms with Gasteiger partial charge in [-0.25, -0.2) is 0 Å². The van der Waals surface area contributed by atoms with Crippen molar-refractivity contribution in [1.82, 2.24) is 4.98 Å². The Morgan fingerprint density at radius 2 is 2.09 bits per heavy atom. The molecule has 5 heteroatoms. The minimum atomic E-state index is 0.